The van der Waals surface area contributed by atoms with Gasteiger partial charge >= 0.3 is 0 Å². The van der Waals surface area contributed by atoms with Crippen LogP contribution in [0.15, 0.2) is 4.52 Å². The van der Waals surface area contributed by atoms with E-state index in [0.717, 1.165) is 25.1 Å². The van der Waals surface area contributed by atoms with Crippen molar-refractivity contribution < 1.29 is 4.52 Å². The number of thioether (sulfide) groups is 2. The fraction of sp³-hybridized carbons (Fsp3) is 0.867. The summed E-state index contributed by atoms with van der Waals surface area (Å²) in [6, 6.07) is 0. The van der Waals surface area contributed by atoms with Gasteiger partial charge in [0, 0.05) is 16.8 Å². The lowest BCUT2D eigenvalue weighted by molar-refractivity contribution is 0.256. The van der Waals surface area contributed by atoms with Gasteiger partial charge in [-0.2, -0.15) is 16.7 Å². The first-order valence-electron chi connectivity index (χ1n) is 8.09. The summed E-state index contributed by atoms with van der Waals surface area (Å²) in [4.78, 5) is 4.73. The monoisotopic (exact) mass is 327 g/mol. The first-order chi connectivity index (χ1) is 10.2. The lowest BCUT2D eigenvalue weighted by Gasteiger charge is -2.27. The molecule has 21 heavy (non-hydrogen) atoms. The number of nitrogens with zero attached hydrogens (tertiary/aromatic N) is 2. The predicted molar refractivity (Wildman–Crippen MR) is 89.6 cm³/mol. The molecule has 1 aromatic heterocycles. The van der Waals surface area contributed by atoms with Crippen molar-refractivity contribution in [3.8, 4) is 0 Å². The van der Waals surface area contributed by atoms with Gasteiger partial charge in [0.1, 0.15) is 0 Å². The van der Waals surface area contributed by atoms with Gasteiger partial charge in [0.25, 0.3) is 0 Å². The molecule has 2 N–H and O–H groups in total. The minimum absolute atomic E-state index is 0.362. The SMILES string of the molecule is CCC1SCCSC1c1noc(C2(N)CCCCCC2)n1. The van der Waals surface area contributed by atoms with Crippen molar-refractivity contribution in [2.75, 3.05) is 11.5 Å². The molecule has 1 aliphatic heterocycles. The van der Waals surface area contributed by atoms with Crippen LogP contribution in [0.2, 0.25) is 0 Å². The van der Waals surface area contributed by atoms with Gasteiger partial charge < -0.3 is 10.3 Å². The van der Waals surface area contributed by atoms with Crippen molar-refractivity contribution in [1.82, 2.24) is 10.1 Å². The zero-order valence-electron chi connectivity index (χ0n) is 12.7. The van der Waals surface area contributed by atoms with Crippen LogP contribution in [0.4, 0.5) is 0 Å². The molecule has 2 unspecified atom stereocenters. The summed E-state index contributed by atoms with van der Waals surface area (Å²) >= 11 is 4.01. The number of hydrogen-bond acceptors (Lipinski definition) is 6. The van der Waals surface area contributed by atoms with E-state index in [4.69, 9.17) is 15.2 Å². The molecule has 0 aromatic carbocycles. The first-order valence-corrected chi connectivity index (χ1v) is 10.2. The Kier molecular flexibility index (Phi) is 5.17. The van der Waals surface area contributed by atoms with E-state index < -0.39 is 5.54 Å². The van der Waals surface area contributed by atoms with Gasteiger partial charge in [-0.1, -0.05) is 37.8 Å². The van der Waals surface area contributed by atoms with Crippen molar-refractivity contribution >= 4 is 23.5 Å². The predicted octanol–water partition coefficient (Wildman–Crippen LogP) is 3.88. The van der Waals surface area contributed by atoms with Crippen LogP contribution in [-0.4, -0.2) is 26.9 Å². The van der Waals surface area contributed by atoms with E-state index in [0.29, 0.717) is 16.4 Å². The third-order valence-electron chi connectivity index (χ3n) is 4.57. The van der Waals surface area contributed by atoms with Crippen LogP contribution < -0.4 is 5.73 Å². The minimum atomic E-state index is -0.393. The highest BCUT2D eigenvalue weighted by molar-refractivity contribution is 8.06. The Hall–Kier alpha value is -0.200. The lowest BCUT2D eigenvalue weighted by atomic mass is 9.91. The van der Waals surface area contributed by atoms with Crippen LogP contribution in [0.25, 0.3) is 0 Å². The molecule has 2 fully saturated rings. The fourth-order valence-electron chi connectivity index (χ4n) is 3.27. The molecule has 2 heterocycles. The maximum absolute atomic E-state index is 6.58. The molecule has 118 valence electrons. The molecule has 1 saturated heterocycles. The van der Waals surface area contributed by atoms with E-state index in [1.807, 2.05) is 23.5 Å². The molecule has 3 rings (SSSR count). The molecule has 4 nitrogen and oxygen atoms in total. The average Bonchev–Trinajstić information content (AvgIpc) is 2.91. The average molecular weight is 328 g/mol. The highest BCUT2D eigenvalue weighted by atomic mass is 32.2. The van der Waals surface area contributed by atoms with Crippen molar-refractivity contribution in [3.63, 3.8) is 0 Å². The third kappa shape index (κ3) is 3.42. The van der Waals surface area contributed by atoms with Gasteiger partial charge in [-0.05, 0) is 19.3 Å². The summed E-state index contributed by atoms with van der Waals surface area (Å²) in [5, 5.41) is 5.24. The van der Waals surface area contributed by atoms with Crippen LogP contribution >= 0.6 is 23.5 Å². The number of nitrogens with two attached hydrogens (primary N) is 1. The highest BCUT2D eigenvalue weighted by Gasteiger charge is 2.37. The molecule has 2 atom stereocenters. The molecule has 0 bridgehead atoms. The number of rotatable bonds is 3. The van der Waals surface area contributed by atoms with Crippen molar-refractivity contribution in [1.29, 1.82) is 0 Å². The standard InChI is InChI=1S/C15H25N3OS2/c1-2-11-12(21-10-9-20-11)13-17-14(19-18-13)15(16)7-5-3-4-6-8-15/h11-12H,2-10,16H2,1H3. The van der Waals surface area contributed by atoms with Gasteiger partial charge in [0.05, 0.1) is 10.8 Å². The summed E-state index contributed by atoms with van der Waals surface area (Å²) in [6.45, 7) is 2.24. The van der Waals surface area contributed by atoms with Crippen LogP contribution in [0.1, 0.15) is 68.8 Å². The van der Waals surface area contributed by atoms with Crippen LogP contribution in [-0.2, 0) is 5.54 Å². The first kappa shape index (κ1) is 15.7. The lowest BCUT2D eigenvalue weighted by Crippen LogP contribution is -2.36. The number of aromatic nitrogens is 2. The third-order valence-corrected chi connectivity index (χ3v) is 7.81. The minimum Gasteiger partial charge on any atom is -0.337 e. The zero-order chi connectivity index (χ0) is 14.7. The molecule has 2 aliphatic rings. The topological polar surface area (TPSA) is 64.9 Å². The fourth-order valence-corrected chi connectivity index (χ4v) is 6.25. The van der Waals surface area contributed by atoms with E-state index in [1.54, 1.807) is 0 Å². The Balaban J connectivity index is 1.78. The van der Waals surface area contributed by atoms with E-state index in [9.17, 15) is 0 Å². The normalized spacial score (nSPS) is 30.0. The maximum atomic E-state index is 6.58. The number of hydrogen-bond donors (Lipinski definition) is 1. The summed E-state index contributed by atoms with van der Waals surface area (Å²) in [5.74, 6) is 3.93. The quantitative estimate of drug-likeness (QED) is 0.850. The van der Waals surface area contributed by atoms with Gasteiger partial charge in [-0.25, -0.2) is 0 Å². The summed E-state index contributed by atoms with van der Waals surface area (Å²) in [6.07, 6.45) is 7.97. The second-order valence-electron chi connectivity index (χ2n) is 6.14. The van der Waals surface area contributed by atoms with Crippen LogP contribution in [0.3, 0.4) is 0 Å². The maximum Gasteiger partial charge on any atom is 0.246 e. The van der Waals surface area contributed by atoms with Crippen molar-refractivity contribution in [2.45, 2.75) is 67.9 Å². The molecule has 0 amide bonds. The van der Waals surface area contributed by atoms with Crippen molar-refractivity contribution in [3.05, 3.63) is 11.7 Å². The summed E-state index contributed by atoms with van der Waals surface area (Å²) < 4.78 is 5.60. The summed E-state index contributed by atoms with van der Waals surface area (Å²) in [5.41, 5.74) is 6.19. The van der Waals surface area contributed by atoms with E-state index in [1.165, 1.54) is 37.2 Å². The molecular weight excluding hydrogens is 302 g/mol. The summed E-state index contributed by atoms with van der Waals surface area (Å²) in [7, 11) is 0. The van der Waals surface area contributed by atoms with Gasteiger partial charge in [0.2, 0.25) is 5.89 Å². The van der Waals surface area contributed by atoms with E-state index in [2.05, 4.69) is 12.1 Å². The molecule has 1 saturated carbocycles. The molecular formula is C15H25N3OS2. The molecule has 1 aromatic rings. The van der Waals surface area contributed by atoms with Crippen molar-refractivity contribution in [2.24, 2.45) is 5.73 Å². The Morgan fingerprint density at radius 1 is 1.19 bits per heavy atom. The van der Waals surface area contributed by atoms with E-state index >= 15 is 0 Å². The smallest absolute Gasteiger partial charge is 0.246 e. The Labute approximate surface area is 135 Å². The Bertz CT molecular complexity index is 458. The molecule has 0 radical (unpaired) electrons. The molecule has 1 aliphatic carbocycles. The molecule has 0 spiro atoms. The van der Waals surface area contributed by atoms with Gasteiger partial charge in [0.15, 0.2) is 5.82 Å². The van der Waals surface area contributed by atoms with E-state index in [-0.39, 0.29) is 0 Å². The van der Waals surface area contributed by atoms with Crippen LogP contribution in [0, 0.1) is 0 Å². The Morgan fingerprint density at radius 2 is 1.90 bits per heavy atom. The molecule has 6 heteroatoms. The second kappa shape index (κ2) is 6.92. The Morgan fingerprint density at radius 3 is 2.62 bits per heavy atom. The largest absolute Gasteiger partial charge is 0.337 e. The second-order valence-corrected chi connectivity index (χ2v) is 8.73. The van der Waals surface area contributed by atoms with Gasteiger partial charge in [-0.3, -0.25) is 0 Å². The van der Waals surface area contributed by atoms with Crippen LogP contribution in [0.5, 0.6) is 0 Å². The zero-order valence-corrected chi connectivity index (χ0v) is 14.3. The van der Waals surface area contributed by atoms with Gasteiger partial charge in [-0.15, -0.1) is 11.8 Å². The highest BCUT2D eigenvalue weighted by Crippen LogP contribution is 2.43.